The first-order valence-corrected chi connectivity index (χ1v) is 15.2. The Hall–Kier alpha value is -4.23. The minimum atomic E-state index is -4.49. The predicted octanol–water partition coefficient (Wildman–Crippen LogP) is 5.36. The van der Waals surface area contributed by atoms with Crippen LogP contribution in [0, 0.1) is 11.7 Å². The molecular weight excluding hydrogens is 633 g/mol. The van der Waals surface area contributed by atoms with Crippen LogP contribution in [0.4, 0.5) is 23.2 Å². The van der Waals surface area contributed by atoms with Gasteiger partial charge in [0.15, 0.2) is 6.73 Å². The Balaban J connectivity index is 1.66. The Morgan fingerprint density at radius 2 is 1.74 bits per heavy atom. The second-order valence-electron chi connectivity index (χ2n) is 10.2. The van der Waals surface area contributed by atoms with Crippen molar-refractivity contribution >= 4 is 37.8 Å². The zero-order valence-electron chi connectivity index (χ0n) is 24.4. The fraction of sp³-hybridized carbons (Fsp3) is 0.290. The largest absolute Gasteiger partial charge is 0.440 e. The molecule has 244 valence electrons. The molecule has 3 aromatic rings. The number of nitrogens with zero attached hydrogens (tertiary/aromatic N) is 2. The molecule has 1 heterocycles. The number of fused-ring (bicyclic) bond motifs is 1. The van der Waals surface area contributed by atoms with Crippen LogP contribution in [-0.2, 0) is 25.5 Å². The lowest BCUT2D eigenvalue weighted by Gasteiger charge is -2.26. The fourth-order valence-corrected chi connectivity index (χ4v) is 4.99. The topological polar surface area (TPSA) is 138 Å². The smallest absolute Gasteiger partial charge is 0.389 e. The van der Waals surface area contributed by atoms with E-state index in [1.807, 2.05) is 0 Å². The lowest BCUT2D eigenvalue weighted by molar-refractivity contribution is -0.142. The van der Waals surface area contributed by atoms with Gasteiger partial charge in [0.05, 0.1) is 23.6 Å². The van der Waals surface area contributed by atoms with Crippen molar-refractivity contribution in [3.63, 3.8) is 0 Å². The first-order valence-electron chi connectivity index (χ1n) is 14.1. The number of rotatable bonds is 12. The second kappa shape index (κ2) is 15.4. The highest BCUT2D eigenvalue weighted by molar-refractivity contribution is 7.39. The van der Waals surface area contributed by atoms with Crippen LogP contribution in [0.5, 0.6) is 0 Å². The number of benzodiazepines with no additional fused rings is 1. The summed E-state index contributed by atoms with van der Waals surface area (Å²) in [5, 5.41) is 2.43. The van der Waals surface area contributed by atoms with Gasteiger partial charge in [0.1, 0.15) is 5.82 Å². The molecule has 0 spiro atoms. The Bertz CT molecular complexity index is 1570. The van der Waals surface area contributed by atoms with Gasteiger partial charge in [-0.1, -0.05) is 61.5 Å². The van der Waals surface area contributed by atoms with Crippen LogP contribution in [0.25, 0.3) is 0 Å². The van der Waals surface area contributed by atoms with Crippen molar-refractivity contribution < 1.29 is 51.0 Å². The Labute approximate surface area is 262 Å². The molecule has 15 heteroatoms. The third kappa shape index (κ3) is 8.94. The molecular formula is C31H30F4N3O7P. The summed E-state index contributed by atoms with van der Waals surface area (Å²) in [6.45, 7) is 0.616. The summed E-state index contributed by atoms with van der Waals surface area (Å²) >= 11 is 0. The van der Waals surface area contributed by atoms with Crippen LogP contribution in [0.3, 0.4) is 0 Å². The van der Waals surface area contributed by atoms with Crippen LogP contribution in [0.1, 0.15) is 53.2 Å². The maximum Gasteiger partial charge on any atom is 0.389 e. The fourth-order valence-electron chi connectivity index (χ4n) is 4.73. The van der Waals surface area contributed by atoms with E-state index in [1.54, 1.807) is 37.3 Å². The average Bonchev–Trinajstić information content (AvgIpc) is 3.14. The lowest BCUT2D eigenvalue weighted by atomic mass is 9.99. The standard InChI is InChI=1S/C31H30F4N3O7P/c1-2-20(15-16-31(33,34)35)28(39)37-27-29(40)38(18-44-30(41)22-13-11-19(12-14-22)17-45-46(42)43)26-23(9-6-10-24(26)32)25(36-27)21-7-4-3-5-8-21/h3-14,20,27,42-43H,2,15-18H2,1H3,(H,37,39)/t20-,27+/m0/s1. The molecule has 3 aromatic carbocycles. The van der Waals surface area contributed by atoms with Crippen molar-refractivity contribution in [1.29, 1.82) is 0 Å². The van der Waals surface area contributed by atoms with Gasteiger partial charge in [-0.3, -0.25) is 14.5 Å². The first kappa shape index (κ1) is 34.6. The number of alkyl halides is 3. The number of carbonyl (C=O) groups is 3. The summed E-state index contributed by atoms with van der Waals surface area (Å²) in [6.07, 6.45) is -7.84. The van der Waals surface area contributed by atoms with E-state index < -0.39 is 70.0 Å². The third-order valence-corrected chi connectivity index (χ3v) is 7.46. The van der Waals surface area contributed by atoms with Gasteiger partial charge in [-0.05, 0) is 36.6 Å². The molecule has 4 rings (SSSR count). The van der Waals surface area contributed by atoms with Crippen LogP contribution in [0.2, 0.25) is 0 Å². The van der Waals surface area contributed by atoms with E-state index in [0.717, 1.165) is 11.0 Å². The summed E-state index contributed by atoms with van der Waals surface area (Å²) in [5.74, 6) is -4.67. The third-order valence-electron chi connectivity index (χ3n) is 7.10. The van der Waals surface area contributed by atoms with Gasteiger partial charge in [-0.25, -0.2) is 14.2 Å². The summed E-state index contributed by atoms with van der Waals surface area (Å²) in [4.78, 5) is 63.1. The lowest BCUT2D eigenvalue weighted by Crippen LogP contribution is -2.50. The first-order chi connectivity index (χ1) is 21.9. The van der Waals surface area contributed by atoms with Gasteiger partial charge >= 0.3 is 20.7 Å². The quantitative estimate of drug-likeness (QED) is 0.135. The van der Waals surface area contributed by atoms with E-state index in [2.05, 4.69) is 10.3 Å². The molecule has 1 aliphatic heterocycles. The van der Waals surface area contributed by atoms with Gasteiger partial charge in [0.25, 0.3) is 5.91 Å². The maximum absolute atomic E-state index is 15.5. The van der Waals surface area contributed by atoms with Crippen molar-refractivity contribution in [2.75, 3.05) is 11.6 Å². The minimum absolute atomic E-state index is 0.0524. The number of aliphatic imine (C=N–C) groups is 1. The van der Waals surface area contributed by atoms with Crippen LogP contribution in [0.15, 0.2) is 77.8 Å². The molecule has 1 aliphatic rings. The summed E-state index contributed by atoms with van der Waals surface area (Å²) < 4.78 is 64.4. The Morgan fingerprint density at radius 1 is 1.04 bits per heavy atom. The number of para-hydroxylation sites is 1. The molecule has 46 heavy (non-hydrogen) atoms. The number of benzene rings is 3. The molecule has 0 bridgehead atoms. The van der Waals surface area contributed by atoms with Gasteiger partial charge in [-0.15, -0.1) is 0 Å². The number of esters is 1. The monoisotopic (exact) mass is 663 g/mol. The van der Waals surface area contributed by atoms with Gasteiger partial charge in [0.2, 0.25) is 12.1 Å². The van der Waals surface area contributed by atoms with Crippen molar-refractivity contribution in [3.8, 4) is 0 Å². The molecule has 0 unspecified atom stereocenters. The number of ether oxygens (including phenoxy) is 1. The SMILES string of the molecule is CC[C@@H](CCC(F)(F)F)C(=O)N[C@H]1N=C(c2ccccc2)c2cccc(F)c2N(COC(=O)c2ccc(COP(O)O)cc2)C1=O. The van der Waals surface area contributed by atoms with E-state index in [0.29, 0.717) is 11.1 Å². The molecule has 10 nitrogen and oxygen atoms in total. The number of hydrogen-bond acceptors (Lipinski definition) is 8. The number of amides is 2. The van der Waals surface area contributed by atoms with Crippen molar-refractivity contribution in [3.05, 3.63) is 101 Å². The zero-order valence-corrected chi connectivity index (χ0v) is 25.3. The number of hydrogen-bond donors (Lipinski definition) is 3. The van der Waals surface area contributed by atoms with E-state index >= 15 is 4.39 Å². The second-order valence-corrected chi connectivity index (χ2v) is 11.0. The molecule has 0 saturated heterocycles. The number of anilines is 1. The van der Waals surface area contributed by atoms with Gasteiger partial charge < -0.3 is 24.4 Å². The summed E-state index contributed by atoms with van der Waals surface area (Å²) in [5.41, 5.74) is 1.03. The van der Waals surface area contributed by atoms with Crippen molar-refractivity contribution in [2.24, 2.45) is 10.9 Å². The highest BCUT2D eigenvalue weighted by atomic mass is 31.2. The van der Waals surface area contributed by atoms with E-state index in [4.69, 9.17) is 19.0 Å². The van der Waals surface area contributed by atoms with Gasteiger partial charge in [0, 0.05) is 23.5 Å². The van der Waals surface area contributed by atoms with E-state index in [9.17, 15) is 27.6 Å². The molecule has 0 saturated carbocycles. The summed E-state index contributed by atoms with van der Waals surface area (Å²) in [6, 6.07) is 18.1. The molecule has 0 radical (unpaired) electrons. The number of halogens is 4. The van der Waals surface area contributed by atoms with E-state index in [-0.39, 0.29) is 35.6 Å². The van der Waals surface area contributed by atoms with Crippen LogP contribution >= 0.6 is 8.60 Å². The molecule has 0 aromatic heterocycles. The molecule has 0 fully saturated rings. The Morgan fingerprint density at radius 3 is 2.37 bits per heavy atom. The minimum Gasteiger partial charge on any atom is -0.440 e. The average molecular weight is 664 g/mol. The molecule has 2 atom stereocenters. The van der Waals surface area contributed by atoms with Crippen LogP contribution < -0.4 is 10.2 Å². The van der Waals surface area contributed by atoms with Crippen molar-refractivity contribution in [2.45, 2.75) is 45.1 Å². The maximum atomic E-state index is 15.5. The Kier molecular flexibility index (Phi) is 11.6. The highest BCUT2D eigenvalue weighted by Crippen LogP contribution is 2.32. The molecule has 3 N–H and O–H groups in total. The molecule has 0 aliphatic carbocycles. The normalized spacial score (nSPS) is 15.6. The zero-order chi connectivity index (χ0) is 33.4. The predicted molar refractivity (Wildman–Crippen MR) is 160 cm³/mol. The molecule has 2 amide bonds. The number of carbonyl (C=O) groups excluding carboxylic acids is 3. The summed E-state index contributed by atoms with van der Waals surface area (Å²) in [7, 11) is -2.57. The van der Waals surface area contributed by atoms with Crippen LogP contribution in [-0.4, -0.2) is 52.4 Å². The number of nitrogens with one attached hydrogen (secondary N) is 1. The van der Waals surface area contributed by atoms with Crippen molar-refractivity contribution in [1.82, 2.24) is 5.32 Å². The van der Waals surface area contributed by atoms with Gasteiger partial charge in [-0.2, -0.15) is 13.2 Å². The highest BCUT2D eigenvalue weighted by Gasteiger charge is 2.37. The van der Waals surface area contributed by atoms with E-state index in [1.165, 1.54) is 36.4 Å².